The van der Waals surface area contributed by atoms with Crippen molar-refractivity contribution in [3.05, 3.63) is 83.1 Å². The zero-order chi connectivity index (χ0) is 24.2. The number of ether oxygens (including phenoxy) is 2. The molecule has 0 fully saturated rings. The van der Waals surface area contributed by atoms with Gasteiger partial charge in [-0.3, -0.25) is 4.79 Å². The highest BCUT2D eigenvalue weighted by Crippen LogP contribution is 2.37. The molecule has 4 rings (SSSR count). The van der Waals surface area contributed by atoms with Gasteiger partial charge in [-0.25, -0.2) is 0 Å². The van der Waals surface area contributed by atoms with Crippen LogP contribution in [0.25, 0.3) is 27.7 Å². The predicted molar refractivity (Wildman–Crippen MR) is 138 cm³/mol. The van der Waals surface area contributed by atoms with E-state index in [4.69, 9.17) is 25.5 Å². The van der Waals surface area contributed by atoms with Gasteiger partial charge in [0.15, 0.2) is 0 Å². The van der Waals surface area contributed by atoms with Crippen LogP contribution in [0.4, 0.5) is 5.69 Å². The Morgan fingerprint density at radius 1 is 1.12 bits per heavy atom. The number of aryl methyl sites for hydroxylation is 1. The first kappa shape index (κ1) is 23.5. The smallest absolute Gasteiger partial charge is 0.248 e. The molecule has 0 bridgehead atoms. The summed E-state index contributed by atoms with van der Waals surface area (Å²) in [4.78, 5) is 12.7. The van der Waals surface area contributed by atoms with Crippen molar-refractivity contribution in [2.75, 3.05) is 19.0 Å². The first-order valence-corrected chi connectivity index (χ1v) is 11.4. The quantitative estimate of drug-likeness (QED) is 0.281. The van der Waals surface area contributed by atoms with Crippen molar-refractivity contribution in [3.63, 3.8) is 0 Å². The Balaban J connectivity index is 1.68. The maximum atomic E-state index is 12.7. The van der Waals surface area contributed by atoms with Crippen LogP contribution in [0.5, 0.6) is 11.5 Å². The molecule has 6 heteroatoms. The summed E-state index contributed by atoms with van der Waals surface area (Å²) in [6.45, 7) is 6.37. The molecule has 174 valence electrons. The van der Waals surface area contributed by atoms with E-state index < -0.39 is 0 Å². The molecular weight excluding hydrogens is 450 g/mol. The number of hydrogen-bond acceptors (Lipinski definition) is 4. The summed E-state index contributed by atoms with van der Waals surface area (Å²) in [5.74, 6) is 1.20. The zero-order valence-electron chi connectivity index (χ0n) is 19.6. The molecule has 0 spiro atoms. The normalized spacial score (nSPS) is 11.5. The van der Waals surface area contributed by atoms with Gasteiger partial charge < -0.3 is 19.2 Å². The van der Waals surface area contributed by atoms with E-state index in [0.717, 1.165) is 39.0 Å². The molecule has 0 aliphatic heterocycles. The van der Waals surface area contributed by atoms with Crippen LogP contribution < -0.4 is 14.8 Å². The Labute approximate surface area is 203 Å². The number of furan rings is 1. The highest BCUT2D eigenvalue weighted by molar-refractivity contribution is 6.31. The summed E-state index contributed by atoms with van der Waals surface area (Å²) >= 11 is 6.08. The second kappa shape index (κ2) is 10.1. The van der Waals surface area contributed by atoms with E-state index in [1.165, 1.54) is 0 Å². The summed E-state index contributed by atoms with van der Waals surface area (Å²) in [6, 6.07) is 17.1. The number of fused-ring (bicyclic) bond motifs is 1. The van der Waals surface area contributed by atoms with E-state index in [0.29, 0.717) is 28.6 Å². The molecule has 5 nitrogen and oxygen atoms in total. The second-order valence-corrected chi connectivity index (χ2v) is 8.37. The van der Waals surface area contributed by atoms with Gasteiger partial charge >= 0.3 is 0 Å². The minimum absolute atomic E-state index is 0.246. The van der Waals surface area contributed by atoms with E-state index in [1.807, 2.05) is 63.2 Å². The lowest BCUT2D eigenvalue weighted by Gasteiger charge is -2.11. The predicted octanol–water partition coefficient (Wildman–Crippen LogP) is 7.51. The molecule has 0 aliphatic rings. The van der Waals surface area contributed by atoms with E-state index in [-0.39, 0.29) is 5.91 Å². The van der Waals surface area contributed by atoms with Crippen molar-refractivity contribution < 1.29 is 18.7 Å². The monoisotopic (exact) mass is 475 g/mol. The van der Waals surface area contributed by atoms with Crippen LogP contribution in [0.2, 0.25) is 5.02 Å². The Kier molecular flexibility index (Phi) is 6.94. The first-order valence-electron chi connectivity index (χ1n) is 11.0. The maximum Gasteiger partial charge on any atom is 0.248 e. The SMILES string of the molecule is CCOc1ccc(-c2coc3cc(OC)c(/C(C)=C/C(=O)Nc4cc(Cl)ccc4C)cc23)cc1. The molecule has 34 heavy (non-hydrogen) atoms. The number of halogens is 1. The summed E-state index contributed by atoms with van der Waals surface area (Å²) in [5.41, 5.74) is 5.84. The molecule has 0 saturated heterocycles. The topological polar surface area (TPSA) is 60.7 Å². The lowest BCUT2D eigenvalue weighted by Crippen LogP contribution is -2.09. The van der Waals surface area contributed by atoms with E-state index in [2.05, 4.69) is 5.32 Å². The highest BCUT2D eigenvalue weighted by Gasteiger charge is 2.15. The van der Waals surface area contributed by atoms with Gasteiger partial charge in [0.25, 0.3) is 0 Å². The van der Waals surface area contributed by atoms with Crippen LogP contribution in [0.1, 0.15) is 25.0 Å². The number of benzene rings is 3. The van der Waals surface area contributed by atoms with Crippen molar-refractivity contribution >= 4 is 39.7 Å². The van der Waals surface area contributed by atoms with Crippen LogP contribution in [0, 0.1) is 6.92 Å². The van der Waals surface area contributed by atoms with Gasteiger partial charge in [0.2, 0.25) is 5.91 Å². The summed E-state index contributed by atoms with van der Waals surface area (Å²) < 4.78 is 17.0. The molecule has 0 unspecified atom stereocenters. The summed E-state index contributed by atoms with van der Waals surface area (Å²) in [7, 11) is 1.60. The van der Waals surface area contributed by atoms with E-state index in [9.17, 15) is 4.79 Å². The minimum Gasteiger partial charge on any atom is -0.496 e. The number of hydrogen-bond donors (Lipinski definition) is 1. The summed E-state index contributed by atoms with van der Waals surface area (Å²) in [6.07, 6.45) is 3.29. The molecule has 0 aliphatic carbocycles. The average Bonchev–Trinajstić information content (AvgIpc) is 3.24. The molecule has 3 aromatic carbocycles. The number of carbonyl (C=O) groups is 1. The fourth-order valence-electron chi connectivity index (χ4n) is 3.83. The third-order valence-corrected chi connectivity index (χ3v) is 5.84. The summed E-state index contributed by atoms with van der Waals surface area (Å²) in [5, 5.41) is 4.40. The number of amides is 1. The molecule has 1 amide bonds. The third-order valence-electron chi connectivity index (χ3n) is 5.60. The Morgan fingerprint density at radius 3 is 2.59 bits per heavy atom. The van der Waals surface area contributed by atoms with Crippen molar-refractivity contribution in [2.45, 2.75) is 20.8 Å². The van der Waals surface area contributed by atoms with E-state index >= 15 is 0 Å². The second-order valence-electron chi connectivity index (χ2n) is 7.93. The van der Waals surface area contributed by atoms with E-state index in [1.54, 1.807) is 31.6 Å². The van der Waals surface area contributed by atoms with Gasteiger partial charge in [-0.1, -0.05) is 29.8 Å². The van der Waals surface area contributed by atoms with Crippen LogP contribution in [0.3, 0.4) is 0 Å². The molecule has 0 radical (unpaired) electrons. The molecule has 0 atom stereocenters. The largest absolute Gasteiger partial charge is 0.496 e. The van der Waals surface area contributed by atoms with Gasteiger partial charge in [-0.2, -0.15) is 0 Å². The van der Waals surface area contributed by atoms with Crippen molar-refractivity contribution in [1.82, 2.24) is 0 Å². The Hall–Kier alpha value is -3.70. The number of rotatable bonds is 7. The van der Waals surface area contributed by atoms with Crippen molar-refractivity contribution in [2.24, 2.45) is 0 Å². The van der Waals surface area contributed by atoms with Gasteiger partial charge in [0, 0.05) is 39.4 Å². The Morgan fingerprint density at radius 2 is 1.88 bits per heavy atom. The molecule has 4 aromatic rings. The number of nitrogens with one attached hydrogen (secondary N) is 1. The number of methoxy groups -OCH3 is 1. The highest BCUT2D eigenvalue weighted by atomic mass is 35.5. The Bertz CT molecular complexity index is 1370. The molecule has 0 saturated carbocycles. The molecule has 1 N–H and O–H groups in total. The third kappa shape index (κ3) is 4.95. The lowest BCUT2D eigenvalue weighted by molar-refractivity contribution is -0.111. The molecular formula is C28H26ClNO4. The van der Waals surface area contributed by atoms with Crippen LogP contribution >= 0.6 is 11.6 Å². The minimum atomic E-state index is -0.246. The van der Waals surface area contributed by atoms with Crippen molar-refractivity contribution in [1.29, 1.82) is 0 Å². The number of allylic oxidation sites excluding steroid dienone is 1. The number of carbonyl (C=O) groups excluding carboxylic acids is 1. The van der Waals surface area contributed by atoms with Gasteiger partial charge in [0.05, 0.1) is 20.0 Å². The average molecular weight is 476 g/mol. The molecule has 1 heterocycles. The first-order chi connectivity index (χ1) is 16.4. The fraction of sp³-hybridized carbons (Fsp3) is 0.179. The van der Waals surface area contributed by atoms with Crippen LogP contribution in [0.15, 0.2) is 71.4 Å². The lowest BCUT2D eigenvalue weighted by atomic mass is 9.99. The van der Waals surface area contributed by atoms with Gasteiger partial charge in [0.1, 0.15) is 17.1 Å². The van der Waals surface area contributed by atoms with Crippen LogP contribution in [-0.4, -0.2) is 19.6 Å². The maximum absolute atomic E-state index is 12.7. The standard InChI is InChI=1S/C28H26ClNO4/c1-5-33-21-10-7-19(8-11-21)24-16-34-27-15-26(32-4)22(14-23(24)27)18(3)12-28(31)30-25-13-20(29)9-6-17(25)2/h6-16H,5H2,1-4H3,(H,30,31)/b18-12+. The van der Waals surface area contributed by atoms with Gasteiger partial charge in [-0.15, -0.1) is 0 Å². The molecule has 1 aromatic heterocycles. The van der Waals surface area contributed by atoms with Crippen LogP contribution in [-0.2, 0) is 4.79 Å². The zero-order valence-corrected chi connectivity index (χ0v) is 20.3. The number of anilines is 1. The van der Waals surface area contributed by atoms with Crippen molar-refractivity contribution in [3.8, 4) is 22.6 Å². The fourth-order valence-corrected chi connectivity index (χ4v) is 4.00. The van der Waals surface area contributed by atoms with Gasteiger partial charge in [-0.05, 0) is 67.8 Å².